The van der Waals surface area contributed by atoms with E-state index in [4.69, 9.17) is 5.26 Å². The molecule has 0 aromatic carbocycles. The summed E-state index contributed by atoms with van der Waals surface area (Å²) in [7, 11) is 0. The fourth-order valence-electron chi connectivity index (χ4n) is 1.53. The second-order valence-electron chi connectivity index (χ2n) is 5.47. The number of nitrogens with one attached hydrogen (secondary N) is 1. The van der Waals surface area contributed by atoms with E-state index < -0.39 is 6.04 Å². The summed E-state index contributed by atoms with van der Waals surface area (Å²) in [6.45, 7) is 7.71. The van der Waals surface area contributed by atoms with Crippen molar-refractivity contribution < 1.29 is 4.79 Å². The van der Waals surface area contributed by atoms with Gasteiger partial charge in [0.1, 0.15) is 6.04 Å². The van der Waals surface area contributed by atoms with Gasteiger partial charge in [-0.1, -0.05) is 20.8 Å². The minimum atomic E-state index is -0.479. The summed E-state index contributed by atoms with van der Waals surface area (Å²) in [5.41, 5.74) is 1.66. The highest BCUT2D eigenvalue weighted by atomic mass is 16.1. The molecule has 0 radical (unpaired) electrons. The zero-order valence-corrected chi connectivity index (χ0v) is 11.3. The van der Waals surface area contributed by atoms with Gasteiger partial charge in [-0.05, 0) is 29.5 Å². The molecular formula is C14H19N3O. The Morgan fingerprint density at radius 3 is 2.72 bits per heavy atom. The first-order valence-corrected chi connectivity index (χ1v) is 5.93. The summed E-state index contributed by atoms with van der Waals surface area (Å²) >= 11 is 0. The molecule has 1 heterocycles. The number of carbonyl (C=O) groups is 1. The number of nitrogens with zero attached hydrogens (tertiary/aromatic N) is 2. The molecule has 0 aliphatic rings. The van der Waals surface area contributed by atoms with Crippen LogP contribution in [0.25, 0.3) is 0 Å². The number of hydrogen-bond acceptors (Lipinski definition) is 3. The number of hydrogen-bond donors (Lipinski definition) is 1. The molecule has 0 saturated carbocycles. The zero-order valence-electron chi connectivity index (χ0n) is 11.3. The second-order valence-corrected chi connectivity index (χ2v) is 5.47. The Morgan fingerprint density at radius 1 is 1.56 bits per heavy atom. The highest BCUT2D eigenvalue weighted by molar-refractivity contribution is 5.79. The van der Waals surface area contributed by atoms with Gasteiger partial charge in [0.25, 0.3) is 0 Å². The molecular weight excluding hydrogens is 226 g/mol. The molecule has 0 spiro atoms. The molecule has 1 aromatic rings. The molecule has 1 unspecified atom stereocenters. The molecule has 4 heteroatoms. The number of amides is 1. The van der Waals surface area contributed by atoms with E-state index in [2.05, 4.69) is 16.4 Å². The molecule has 0 aliphatic heterocycles. The Bertz CT molecular complexity index is 469. The molecule has 1 N–H and O–H groups in total. The molecule has 1 rings (SSSR count). The van der Waals surface area contributed by atoms with E-state index in [0.29, 0.717) is 0 Å². The monoisotopic (exact) mass is 245 g/mol. The molecule has 1 atom stereocenters. The topological polar surface area (TPSA) is 65.8 Å². The van der Waals surface area contributed by atoms with Gasteiger partial charge >= 0.3 is 0 Å². The number of rotatable bonds is 3. The maximum Gasteiger partial charge on any atom is 0.225 e. The predicted molar refractivity (Wildman–Crippen MR) is 69.7 cm³/mol. The minimum Gasteiger partial charge on any atom is -0.340 e. The number of nitriles is 1. The van der Waals surface area contributed by atoms with Crippen molar-refractivity contribution in [3.05, 3.63) is 29.6 Å². The van der Waals surface area contributed by atoms with Crippen LogP contribution >= 0.6 is 0 Å². The van der Waals surface area contributed by atoms with Crippen LogP contribution in [0.1, 0.15) is 31.9 Å². The smallest absolute Gasteiger partial charge is 0.225 e. The van der Waals surface area contributed by atoms with Gasteiger partial charge in [0.2, 0.25) is 5.91 Å². The lowest BCUT2D eigenvalue weighted by atomic mass is 9.87. The summed E-state index contributed by atoms with van der Waals surface area (Å²) in [6, 6.07) is 3.48. The summed E-state index contributed by atoms with van der Waals surface area (Å²) < 4.78 is 0. The van der Waals surface area contributed by atoms with Crippen LogP contribution in [0.4, 0.5) is 0 Å². The fraction of sp³-hybridized carbons (Fsp3) is 0.500. The van der Waals surface area contributed by atoms with Gasteiger partial charge in [-0.2, -0.15) is 5.26 Å². The van der Waals surface area contributed by atoms with E-state index in [1.807, 2.05) is 33.8 Å². The van der Waals surface area contributed by atoms with Crippen molar-refractivity contribution in [1.82, 2.24) is 10.3 Å². The van der Waals surface area contributed by atoms with Crippen LogP contribution in [0.2, 0.25) is 0 Å². The van der Waals surface area contributed by atoms with Gasteiger partial charge in [-0.25, -0.2) is 0 Å². The van der Waals surface area contributed by atoms with Gasteiger partial charge in [0.15, 0.2) is 0 Å². The SMILES string of the molecule is Cc1cnccc1CC(=O)NC(C#N)C(C)(C)C. The normalized spacial score (nSPS) is 12.6. The van der Waals surface area contributed by atoms with Gasteiger partial charge in [-0.15, -0.1) is 0 Å². The molecule has 0 aliphatic carbocycles. The molecule has 96 valence electrons. The van der Waals surface area contributed by atoms with Crippen LogP contribution in [0.3, 0.4) is 0 Å². The van der Waals surface area contributed by atoms with E-state index in [9.17, 15) is 4.79 Å². The lowest BCUT2D eigenvalue weighted by molar-refractivity contribution is -0.121. The van der Waals surface area contributed by atoms with Crippen LogP contribution < -0.4 is 5.32 Å². The van der Waals surface area contributed by atoms with Crippen molar-refractivity contribution in [3.8, 4) is 6.07 Å². The quantitative estimate of drug-likeness (QED) is 0.885. The van der Waals surface area contributed by atoms with Crippen LogP contribution in [0, 0.1) is 23.7 Å². The number of aromatic nitrogens is 1. The highest BCUT2D eigenvalue weighted by Gasteiger charge is 2.25. The molecule has 1 amide bonds. The van der Waals surface area contributed by atoms with Gasteiger partial charge in [0.05, 0.1) is 12.5 Å². The molecule has 1 aromatic heterocycles. The van der Waals surface area contributed by atoms with Crippen molar-refractivity contribution in [2.75, 3.05) is 0 Å². The maximum atomic E-state index is 11.9. The van der Waals surface area contributed by atoms with Crippen molar-refractivity contribution in [1.29, 1.82) is 5.26 Å². The average molecular weight is 245 g/mol. The third kappa shape index (κ3) is 3.85. The summed E-state index contributed by atoms with van der Waals surface area (Å²) in [5.74, 6) is -0.134. The van der Waals surface area contributed by atoms with Crippen molar-refractivity contribution in [2.24, 2.45) is 5.41 Å². The van der Waals surface area contributed by atoms with Crippen LogP contribution in [0.5, 0.6) is 0 Å². The Balaban J connectivity index is 2.68. The summed E-state index contributed by atoms with van der Waals surface area (Å²) in [6.07, 6.45) is 3.68. The molecule has 18 heavy (non-hydrogen) atoms. The molecule has 0 saturated heterocycles. The summed E-state index contributed by atoms with van der Waals surface area (Å²) in [4.78, 5) is 15.9. The first-order chi connectivity index (χ1) is 8.34. The number of aryl methyl sites for hydroxylation is 1. The zero-order chi connectivity index (χ0) is 13.8. The Kier molecular flexibility index (Phi) is 4.43. The first-order valence-electron chi connectivity index (χ1n) is 5.93. The van der Waals surface area contributed by atoms with E-state index in [-0.39, 0.29) is 17.7 Å². The van der Waals surface area contributed by atoms with Crippen LogP contribution in [0.15, 0.2) is 18.5 Å². The van der Waals surface area contributed by atoms with Gasteiger partial charge in [-0.3, -0.25) is 9.78 Å². The van der Waals surface area contributed by atoms with Crippen molar-refractivity contribution in [3.63, 3.8) is 0 Å². The van der Waals surface area contributed by atoms with Crippen molar-refractivity contribution in [2.45, 2.75) is 40.2 Å². The minimum absolute atomic E-state index is 0.134. The van der Waals surface area contributed by atoms with Crippen LogP contribution in [-0.4, -0.2) is 16.9 Å². The second kappa shape index (κ2) is 5.63. The highest BCUT2D eigenvalue weighted by Crippen LogP contribution is 2.18. The number of pyridine rings is 1. The lowest BCUT2D eigenvalue weighted by Crippen LogP contribution is -2.43. The van der Waals surface area contributed by atoms with E-state index in [1.165, 1.54) is 0 Å². The first kappa shape index (κ1) is 14.2. The van der Waals surface area contributed by atoms with E-state index >= 15 is 0 Å². The predicted octanol–water partition coefficient (Wildman–Crippen LogP) is 1.99. The fourth-order valence-corrected chi connectivity index (χ4v) is 1.53. The van der Waals surface area contributed by atoms with E-state index in [1.54, 1.807) is 12.4 Å². The Morgan fingerprint density at radius 2 is 2.22 bits per heavy atom. The Hall–Kier alpha value is -1.89. The average Bonchev–Trinajstić information content (AvgIpc) is 2.27. The standard InChI is InChI=1S/C14H19N3O/c1-10-9-16-6-5-11(10)7-13(18)17-12(8-15)14(2,3)4/h5-6,9,12H,7H2,1-4H3,(H,17,18). The van der Waals surface area contributed by atoms with E-state index in [0.717, 1.165) is 11.1 Å². The Labute approximate surface area is 108 Å². The van der Waals surface area contributed by atoms with Gasteiger partial charge in [0, 0.05) is 12.4 Å². The molecule has 0 fully saturated rings. The third-order valence-corrected chi connectivity index (χ3v) is 2.79. The number of carbonyl (C=O) groups excluding carboxylic acids is 1. The largest absolute Gasteiger partial charge is 0.340 e. The molecule has 0 bridgehead atoms. The van der Waals surface area contributed by atoms with Crippen molar-refractivity contribution >= 4 is 5.91 Å². The van der Waals surface area contributed by atoms with Gasteiger partial charge < -0.3 is 5.32 Å². The lowest BCUT2D eigenvalue weighted by Gasteiger charge is -2.25. The maximum absolute atomic E-state index is 11.9. The van der Waals surface area contributed by atoms with Crippen LogP contribution in [-0.2, 0) is 11.2 Å². The molecule has 4 nitrogen and oxygen atoms in total. The summed E-state index contributed by atoms with van der Waals surface area (Å²) in [5, 5.41) is 11.8. The third-order valence-electron chi connectivity index (χ3n) is 2.79.